The van der Waals surface area contributed by atoms with Gasteiger partial charge in [0.2, 0.25) is 0 Å². The number of aromatic carboxylic acids is 1. The molecule has 0 saturated carbocycles. The van der Waals surface area contributed by atoms with E-state index in [0.717, 1.165) is 26.5 Å². The summed E-state index contributed by atoms with van der Waals surface area (Å²) in [5, 5.41) is 10.3. The van der Waals surface area contributed by atoms with Crippen LogP contribution in [0.5, 0.6) is 0 Å². The van der Waals surface area contributed by atoms with Gasteiger partial charge >= 0.3 is 12.1 Å². The average Bonchev–Trinajstić information content (AvgIpc) is 3.13. The second-order valence-electron chi connectivity index (χ2n) is 7.57. The molecule has 0 aliphatic carbocycles. The number of halogens is 3. The summed E-state index contributed by atoms with van der Waals surface area (Å²) in [5.41, 5.74) is -0.113. The number of aryl methyl sites for hydroxylation is 1. The molecule has 0 amide bonds. The fraction of sp³-hybridized carbons (Fsp3) is 0.125. The highest BCUT2D eigenvalue weighted by Crippen LogP contribution is 2.41. The van der Waals surface area contributed by atoms with Gasteiger partial charge in [-0.05, 0) is 65.9 Å². The lowest BCUT2D eigenvalue weighted by atomic mass is 10.1. The molecule has 4 rings (SSSR count). The van der Waals surface area contributed by atoms with Crippen LogP contribution in [0, 0.1) is 6.92 Å². The van der Waals surface area contributed by atoms with E-state index in [1.165, 1.54) is 47.7 Å². The van der Waals surface area contributed by atoms with Crippen LogP contribution in [0.2, 0.25) is 0 Å². The molecule has 0 bridgehead atoms. The molecule has 176 valence electrons. The van der Waals surface area contributed by atoms with Crippen molar-refractivity contribution in [2.75, 3.05) is 4.31 Å². The Morgan fingerprint density at radius 1 is 1.00 bits per heavy atom. The molecular formula is C24H18F3NO4S2. The first-order valence-corrected chi connectivity index (χ1v) is 12.2. The van der Waals surface area contributed by atoms with E-state index < -0.39 is 27.7 Å². The molecule has 0 atom stereocenters. The lowest BCUT2D eigenvalue weighted by molar-refractivity contribution is -0.137. The van der Waals surface area contributed by atoms with Crippen LogP contribution in [0.4, 0.5) is 18.2 Å². The first kappa shape index (κ1) is 23.8. The van der Waals surface area contributed by atoms with E-state index in [1.807, 2.05) is 24.3 Å². The van der Waals surface area contributed by atoms with Crippen LogP contribution in [0.25, 0.3) is 10.1 Å². The maximum absolute atomic E-state index is 13.7. The van der Waals surface area contributed by atoms with Crippen molar-refractivity contribution in [3.63, 3.8) is 0 Å². The summed E-state index contributed by atoms with van der Waals surface area (Å²) < 4.78 is 69.1. The molecule has 4 aromatic rings. The van der Waals surface area contributed by atoms with Crippen molar-refractivity contribution in [1.82, 2.24) is 0 Å². The maximum atomic E-state index is 13.7. The van der Waals surface area contributed by atoms with Crippen LogP contribution in [0.1, 0.15) is 27.0 Å². The van der Waals surface area contributed by atoms with Gasteiger partial charge in [-0.25, -0.2) is 13.2 Å². The lowest BCUT2D eigenvalue weighted by Crippen LogP contribution is -2.30. The van der Waals surface area contributed by atoms with Gasteiger partial charge in [0, 0.05) is 4.70 Å². The summed E-state index contributed by atoms with van der Waals surface area (Å²) >= 11 is 1.22. The van der Waals surface area contributed by atoms with E-state index in [1.54, 1.807) is 6.92 Å². The molecule has 0 aliphatic heterocycles. The van der Waals surface area contributed by atoms with Crippen LogP contribution in [-0.2, 0) is 22.7 Å². The zero-order valence-corrected chi connectivity index (χ0v) is 19.3. The number of rotatable bonds is 6. The van der Waals surface area contributed by atoms with E-state index >= 15 is 0 Å². The molecule has 1 aromatic heterocycles. The van der Waals surface area contributed by atoms with E-state index in [4.69, 9.17) is 5.11 Å². The van der Waals surface area contributed by atoms with Crippen molar-refractivity contribution in [2.45, 2.75) is 24.5 Å². The molecule has 3 aromatic carbocycles. The van der Waals surface area contributed by atoms with Crippen molar-refractivity contribution >= 4 is 42.4 Å². The minimum Gasteiger partial charge on any atom is -0.478 e. The van der Waals surface area contributed by atoms with E-state index in [-0.39, 0.29) is 22.6 Å². The van der Waals surface area contributed by atoms with Crippen molar-refractivity contribution in [3.05, 3.63) is 95.1 Å². The molecule has 0 aliphatic rings. The fourth-order valence-electron chi connectivity index (χ4n) is 3.57. The van der Waals surface area contributed by atoms with Gasteiger partial charge in [-0.1, -0.05) is 30.3 Å². The van der Waals surface area contributed by atoms with Crippen LogP contribution in [-0.4, -0.2) is 19.5 Å². The first-order chi connectivity index (χ1) is 16.0. The highest BCUT2D eigenvalue weighted by molar-refractivity contribution is 7.93. The Morgan fingerprint density at radius 3 is 2.29 bits per heavy atom. The number of alkyl halides is 3. The normalized spacial score (nSPS) is 12.1. The number of benzene rings is 3. The molecule has 10 heteroatoms. The molecule has 34 heavy (non-hydrogen) atoms. The minimum atomic E-state index is -4.57. The summed E-state index contributed by atoms with van der Waals surface area (Å²) in [6, 6.07) is 16.6. The second kappa shape index (κ2) is 8.77. The van der Waals surface area contributed by atoms with E-state index in [0.29, 0.717) is 10.6 Å². The Kier molecular flexibility index (Phi) is 6.13. The third kappa shape index (κ3) is 4.51. The summed E-state index contributed by atoms with van der Waals surface area (Å²) in [7, 11) is -4.24. The monoisotopic (exact) mass is 505 g/mol. The van der Waals surface area contributed by atoms with Crippen LogP contribution >= 0.6 is 11.3 Å². The number of carbonyl (C=O) groups is 1. The average molecular weight is 506 g/mol. The Hall–Kier alpha value is -3.37. The lowest BCUT2D eigenvalue weighted by Gasteiger charge is -2.24. The Labute approximate surface area is 197 Å². The second-order valence-corrected chi connectivity index (χ2v) is 10.5. The summed E-state index contributed by atoms with van der Waals surface area (Å²) in [6.45, 7) is 1.43. The zero-order valence-electron chi connectivity index (χ0n) is 17.7. The quantitative estimate of drug-likeness (QED) is 0.333. The number of hydrogen-bond donors (Lipinski definition) is 1. The van der Waals surface area contributed by atoms with Crippen molar-refractivity contribution < 1.29 is 31.5 Å². The van der Waals surface area contributed by atoms with Gasteiger partial charge in [0.25, 0.3) is 10.0 Å². The number of sulfonamides is 1. The molecular weight excluding hydrogens is 487 g/mol. The standard InChI is InChI=1S/C24H18F3NO4S2/c1-15-20-7-2-3-8-21(20)33-22(15)28(14-16-5-4-6-18(13-16)24(25,26)27)34(31,32)19-11-9-17(10-12-19)23(29)30/h2-13H,14H2,1H3,(H,29,30). The zero-order chi connectivity index (χ0) is 24.7. The molecule has 1 heterocycles. The van der Waals surface area contributed by atoms with Crippen LogP contribution in [0.15, 0.2) is 77.7 Å². The smallest absolute Gasteiger partial charge is 0.416 e. The Balaban J connectivity index is 1.86. The molecule has 1 N–H and O–H groups in total. The molecule has 0 unspecified atom stereocenters. The topological polar surface area (TPSA) is 74.7 Å². The van der Waals surface area contributed by atoms with Crippen molar-refractivity contribution in [2.24, 2.45) is 0 Å². The first-order valence-electron chi connectivity index (χ1n) is 9.99. The number of anilines is 1. The number of thiophene rings is 1. The largest absolute Gasteiger partial charge is 0.478 e. The molecule has 0 spiro atoms. The SMILES string of the molecule is Cc1c(N(Cc2cccc(C(F)(F)F)c2)S(=O)(=O)c2ccc(C(=O)O)cc2)sc2ccccc12. The van der Waals surface area contributed by atoms with Gasteiger partial charge in [0.1, 0.15) is 5.00 Å². The highest BCUT2D eigenvalue weighted by Gasteiger charge is 2.32. The van der Waals surface area contributed by atoms with Gasteiger partial charge in [0.05, 0.1) is 22.6 Å². The minimum absolute atomic E-state index is 0.0820. The molecule has 0 fully saturated rings. The summed E-state index contributed by atoms with van der Waals surface area (Å²) in [5.74, 6) is -1.20. The van der Waals surface area contributed by atoms with Gasteiger partial charge in [-0.3, -0.25) is 4.31 Å². The van der Waals surface area contributed by atoms with Gasteiger partial charge < -0.3 is 5.11 Å². The number of carboxylic acids is 1. The third-order valence-electron chi connectivity index (χ3n) is 5.31. The number of hydrogen-bond acceptors (Lipinski definition) is 4. The van der Waals surface area contributed by atoms with Gasteiger partial charge in [-0.15, -0.1) is 11.3 Å². The molecule has 0 radical (unpaired) electrons. The van der Waals surface area contributed by atoms with Gasteiger partial charge in [0.15, 0.2) is 0 Å². The van der Waals surface area contributed by atoms with Crippen LogP contribution in [0.3, 0.4) is 0 Å². The van der Waals surface area contributed by atoms with E-state index in [2.05, 4.69) is 0 Å². The van der Waals surface area contributed by atoms with E-state index in [9.17, 15) is 26.4 Å². The molecule has 0 saturated heterocycles. The van der Waals surface area contributed by atoms with Crippen LogP contribution < -0.4 is 4.31 Å². The predicted octanol–water partition coefficient (Wildman–Crippen LogP) is 6.32. The maximum Gasteiger partial charge on any atom is 0.416 e. The number of nitrogens with zero attached hydrogens (tertiary/aromatic N) is 1. The van der Waals surface area contributed by atoms with Crippen molar-refractivity contribution in [3.8, 4) is 0 Å². The summed E-state index contributed by atoms with van der Waals surface area (Å²) in [6.07, 6.45) is -4.57. The Bertz CT molecular complexity index is 1480. The van der Waals surface area contributed by atoms with Crippen molar-refractivity contribution in [1.29, 1.82) is 0 Å². The number of carboxylic acid groups (broad SMARTS) is 1. The summed E-state index contributed by atoms with van der Waals surface area (Å²) in [4.78, 5) is 11.0. The third-order valence-corrected chi connectivity index (χ3v) is 8.49. The highest BCUT2D eigenvalue weighted by atomic mass is 32.2. The Morgan fingerprint density at radius 2 is 1.68 bits per heavy atom. The predicted molar refractivity (Wildman–Crippen MR) is 125 cm³/mol. The number of fused-ring (bicyclic) bond motifs is 1. The fourth-order valence-corrected chi connectivity index (χ4v) is 6.50. The molecule has 5 nitrogen and oxygen atoms in total. The van der Waals surface area contributed by atoms with Gasteiger partial charge in [-0.2, -0.15) is 13.2 Å².